The van der Waals surface area contributed by atoms with Crippen molar-refractivity contribution in [2.45, 2.75) is 23.8 Å². The molecular formula is C13H15N3O7S. The normalized spacial score (nSPS) is 18.3. The molecule has 130 valence electrons. The molecular weight excluding hydrogens is 342 g/mol. The molecule has 1 aromatic carbocycles. The fourth-order valence-electron chi connectivity index (χ4n) is 2.56. The van der Waals surface area contributed by atoms with E-state index < -0.39 is 43.4 Å². The third kappa shape index (κ3) is 3.08. The van der Waals surface area contributed by atoms with Gasteiger partial charge in [-0.25, -0.2) is 13.2 Å². The van der Waals surface area contributed by atoms with Crippen LogP contribution in [0, 0.1) is 10.1 Å². The Labute approximate surface area is 137 Å². The molecule has 1 atom stereocenters. The molecule has 11 heteroatoms. The van der Waals surface area contributed by atoms with Crippen LogP contribution >= 0.6 is 0 Å². The summed E-state index contributed by atoms with van der Waals surface area (Å²) in [6.45, 7) is 0.0336. The highest BCUT2D eigenvalue weighted by Gasteiger charge is 2.41. The topological polar surface area (TPSA) is 150 Å². The average molecular weight is 357 g/mol. The van der Waals surface area contributed by atoms with Crippen molar-refractivity contribution in [3.8, 4) is 0 Å². The number of nitro benzene ring substituents is 1. The van der Waals surface area contributed by atoms with E-state index in [4.69, 9.17) is 5.73 Å². The average Bonchev–Trinajstić information content (AvgIpc) is 3.04. The van der Waals surface area contributed by atoms with Gasteiger partial charge in [0.05, 0.1) is 17.6 Å². The third-order valence-electron chi connectivity index (χ3n) is 3.70. The number of nitrogens with two attached hydrogens (primary N) is 1. The summed E-state index contributed by atoms with van der Waals surface area (Å²) in [5.74, 6) is -1.65. The number of ether oxygens (including phenoxy) is 1. The monoisotopic (exact) mass is 357 g/mol. The molecule has 0 aliphatic carbocycles. The first-order chi connectivity index (χ1) is 11.2. The first-order valence-corrected chi connectivity index (χ1v) is 8.32. The molecule has 0 aromatic heterocycles. The summed E-state index contributed by atoms with van der Waals surface area (Å²) in [5.41, 5.74) is 4.28. The summed E-state index contributed by atoms with van der Waals surface area (Å²) < 4.78 is 30.8. The van der Waals surface area contributed by atoms with Gasteiger partial charge in [0.15, 0.2) is 4.90 Å². The summed E-state index contributed by atoms with van der Waals surface area (Å²) in [6.07, 6.45) is 0.670. The van der Waals surface area contributed by atoms with E-state index in [2.05, 4.69) is 4.74 Å². The Hall–Kier alpha value is -2.53. The minimum atomic E-state index is -4.32. The van der Waals surface area contributed by atoms with Crippen molar-refractivity contribution in [1.29, 1.82) is 0 Å². The van der Waals surface area contributed by atoms with Gasteiger partial charge in [0, 0.05) is 12.6 Å². The van der Waals surface area contributed by atoms with Crippen LogP contribution in [0.25, 0.3) is 0 Å². The number of rotatable bonds is 5. The Kier molecular flexibility index (Phi) is 4.85. The second-order valence-electron chi connectivity index (χ2n) is 5.11. The second-order valence-corrected chi connectivity index (χ2v) is 6.97. The molecule has 2 N–H and O–H groups in total. The van der Waals surface area contributed by atoms with Crippen LogP contribution in [0.4, 0.5) is 5.69 Å². The number of esters is 1. The van der Waals surface area contributed by atoms with Crippen LogP contribution in [0.3, 0.4) is 0 Å². The van der Waals surface area contributed by atoms with Gasteiger partial charge in [-0.2, -0.15) is 4.31 Å². The number of benzene rings is 1. The van der Waals surface area contributed by atoms with E-state index in [9.17, 15) is 28.1 Å². The number of methoxy groups -OCH3 is 1. The van der Waals surface area contributed by atoms with Gasteiger partial charge in [-0.1, -0.05) is 0 Å². The SMILES string of the molecule is COC(=O)c1ccc(S(=O)(=O)N2CCC[C@@H]2C(N)=O)c([N+](=O)[O-])c1. The van der Waals surface area contributed by atoms with Crippen LogP contribution < -0.4 is 5.73 Å². The van der Waals surface area contributed by atoms with Crippen molar-refractivity contribution >= 4 is 27.6 Å². The van der Waals surface area contributed by atoms with Gasteiger partial charge in [0.2, 0.25) is 5.91 Å². The molecule has 10 nitrogen and oxygen atoms in total. The smallest absolute Gasteiger partial charge is 0.338 e. The highest BCUT2D eigenvalue weighted by Crippen LogP contribution is 2.32. The zero-order chi connectivity index (χ0) is 18.1. The fourth-order valence-corrected chi connectivity index (χ4v) is 4.37. The van der Waals surface area contributed by atoms with Crippen LogP contribution in [-0.2, 0) is 19.6 Å². The molecule has 2 rings (SSSR count). The molecule has 0 bridgehead atoms. The maximum absolute atomic E-state index is 12.7. The number of carbonyl (C=O) groups is 2. The van der Waals surface area contributed by atoms with Crippen molar-refractivity contribution in [2.75, 3.05) is 13.7 Å². The van der Waals surface area contributed by atoms with Crippen molar-refractivity contribution in [3.63, 3.8) is 0 Å². The van der Waals surface area contributed by atoms with Gasteiger partial charge < -0.3 is 10.5 Å². The molecule has 1 aliphatic rings. The van der Waals surface area contributed by atoms with Crippen LogP contribution in [0.15, 0.2) is 23.1 Å². The van der Waals surface area contributed by atoms with Crippen molar-refractivity contribution < 1.29 is 27.7 Å². The van der Waals surface area contributed by atoms with Crippen LogP contribution in [0.5, 0.6) is 0 Å². The number of hydrogen-bond acceptors (Lipinski definition) is 7. The lowest BCUT2D eigenvalue weighted by Gasteiger charge is -2.21. The number of amides is 1. The standard InChI is InChI=1S/C13H15N3O7S/c1-23-13(18)8-4-5-11(10(7-8)16(19)20)24(21,22)15-6-2-3-9(15)12(14)17/h4-5,7,9H,2-3,6H2,1H3,(H2,14,17)/t9-/m1/s1. The Bertz CT molecular complexity index is 806. The number of carbonyl (C=O) groups excluding carboxylic acids is 2. The van der Waals surface area contributed by atoms with Gasteiger partial charge in [0.25, 0.3) is 15.7 Å². The van der Waals surface area contributed by atoms with Crippen molar-refractivity contribution in [2.24, 2.45) is 5.73 Å². The summed E-state index contributed by atoms with van der Waals surface area (Å²) >= 11 is 0. The molecule has 0 spiro atoms. The Morgan fingerprint density at radius 2 is 2.08 bits per heavy atom. The molecule has 0 unspecified atom stereocenters. The lowest BCUT2D eigenvalue weighted by atomic mass is 10.2. The van der Waals surface area contributed by atoms with Crippen molar-refractivity contribution in [1.82, 2.24) is 4.31 Å². The molecule has 1 fully saturated rings. The quantitative estimate of drug-likeness (QED) is 0.443. The largest absolute Gasteiger partial charge is 0.465 e. The molecule has 24 heavy (non-hydrogen) atoms. The summed E-state index contributed by atoms with van der Waals surface area (Å²) in [5, 5.41) is 11.2. The van der Waals surface area contributed by atoms with E-state index in [-0.39, 0.29) is 18.5 Å². The number of hydrogen-bond donors (Lipinski definition) is 1. The molecule has 1 aromatic rings. The number of nitro groups is 1. The first-order valence-electron chi connectivity index (χ1n) is 6.88. The maximum Gasteiger partial charge on any atom is 0.338 e. The number of primary amides is 1. The van der Waals surface area contributed by atoms with Crippen LogP contribution in [0.1, 0.15) is 23.2 Å². The summed E-state index contributed by atoms with van der Waals surface area (Å²) in [4.78, 5) is 32.6. The van der Waals surface area contributed by atoms with E-state index in [0.717, 1.165) is 29.6 Å². The summed E-state index contributed by atoms with van der Waals surface area (Å²) in [7, 11) is -3.22. The zero-order valence-corrected chi connectivity index (χ0v) is 13.5. The number of nitrogens with zero attached hydrogens (tertiary/aromatic N) is 2. The Morgan fingerprint density at radius 3 is 2.62 bits per heavy atom. The molecule has 0 saturated carbocycles. The maximum atomic E-state index is 12.7. The van der Waals surface area contributed by atoms with Gasteiger partial charge in [-0.3, -0.25) is 14.9 Å². The van der Waals surface area contributed by atoms with Gasteiger partial charge >= 0.3 is 5.97 Å². The zero-order valence-electron chi connectivity index (χ0n) is 12.7. The highest BCUT2D eigenvalue weighted by molar-refractivity contribution is 7.89. The summed E-state index contributed by atoms with van der Waals surface area (Å²) in [6, 6.07) is 1.85. The molecule has 1 amide bonds. The Morgan fingerprint density at radius 1 is 1.42 bits per heavy atom. The predicted octanol–water partition coefficient (Wildman–Crippen LogP) is 0.0198. The van der Waals surface area contributed by atoms with Crippen molar-refractivity contribution in [3.05, 3.63) is 33.9 Å². The van der Waals surface area contributed by atoms with E-state index in [0.29, 0.717) is 6.42 Å². The van der Waals surface area contributed by atoms with Gasteiger partial charge in [0.1, 0.15) is 6.04 Å². The van der Waals surface area contributed by atoms with E-state index >= 15 is 0 Å². The van der Waals surface area contributed by atoms with E-state index in [1.54, 1.807) is 0 Å². The predicted molar refractivity (Wildman–Crippen MR) is 80.5 cm³/mol. The minimum Gasteiger partial charge on any atom is -0.465 e. The highest BCUT2D eigenvalue weighted by atomic mass is 32.2. The van der Waals surface area contributed by atoms with Crippen LogP contribution in [-0.4, -0.2) is 49.2 Å². The van der Waals surface area contributed by atoms with Crippen LogP contribution in [0.2, 0.25) is 0 Å². The molecule has 1 aliphatic heterocycles. The first kappa shape index (κ1) is 17.8. The van der Waals surface area contributed by atoms with Gasteiger partial charge in [-0.05, 0) is 25.0 Å². The second kappa shape index (κ2) is 6.53. The van der Waals surface area contributed by atoms with E-state index in [1.165, 1.54) is 0 Å². The lowest BCUT2D eigenvalue weighted by Crippen LogP contribution is -2.43. The third-order valence-corrected chi connectivity index (χ3v) is 5.65. The van der Waals surface area contributed by atoms with E-state index in [1.807, 2.05) is 0 Å². The van der Waals surface area contributed by atoms with Gasteiger partial charge in [-0.15, -0.1) is 0 Å². The number of sulfonamides is 1. The molecule has 1 heterocycles. The molecule has 0 radical (unpaired) electrons. The Balaban J connectivity index is 2.56. The lowest BCUT2D eigenvalue weighted by molar-refractivity contribution is -0.387. The molecule has 1 saturated heterocycles. The minimum absolute atomic E-state index is 0.0336. The fraction of sp³-hybridized carbons (Fsp3) is 0.385.